The number of ketones is 1. The van der Waals surface area contributed by atoms with E-state index < -0.39 is 5.92 Å². The zero-order chi connectivity index (χ0) is 15.6. The van der Waals surface area contributed by atoms with Crippen molar-refractivity contribution in [1.82, 2.24) is 0 Å². The van der Waals surface area contributed by atoms with Crippen LogP contribution in [0.2, 0.25) is 10.0 Å². The van der Waals surface area contributed by atoms with Crippen LogP contribution in [0, 0.1) is 25.2 Å². The van der Waals surface area contributed by atoms with Gasteiger partial charge in [-0.05, 0) is 38.1 Å². The number of rotatable bonds is 3. The Morgan fingerprint density at radius 1 is 1.10 bits per heavy atom. The summed E-state index contributed by atoms with van der Waals surface area (Å²) in [5.74, 6) is -1.30. The van der Waals surface area contributed by atoms with Gasteiger partial charge in [-0.15, -0.1) is 0 Å². The first kappa shape index (κ1) is 15.6. The van der Waals surface area contributed by atoms with Crippen molar-refractivity contribution < 1.29 is 4.79 Å². The molecule has 2 aromatic rings. The van der Waals surface area contributed by atoms with Gasteiger partial charge in [0, 0.05) is 21.2 Å². The molecule has 2 rings (SSSR count). The molecule has 1 atom stereocenters. The van der Waals surface area contributed by atoms with Crippen molar-refractivity contribution in [3.8, 4) is 6.07 Å². The lowest BCUT2D eigenvalue weighted by Crippen LogP contribution is -2.13. The highest BCUT2D eigenvalue weighted by molar-refractivity contribution is 6.36. The molecule has 0 bridgehead atoms. The van der Waals surface area contributed by atoms with E-state index in [0.717, 1.165) is 11.1 Å². The molecule has 0 saturated heterocycles. The normalized spacial score (nSPS) is 11.8. The number of halogens is 2. The van der Waals surface area contributed by atoms with Gasteiger partial charge in [-0.25, -0.2) is 0 Å². The zero-order valence-electron chi connectivity index (χ0n) is 11.7. The second-order valence-corrected chi connectivity index (χ2v) is 5.75. The summed E-state index contributed by atoms with van der Waals surface area (Å²) in [6.07, 6.45) is 0. The third-order valence-corrected chi connectivity index (χ3v) is 3.85. The Labute approximate surface area is 133 Å². The van der Waals surface area contributed by atoms with E-state index in [0.29, 0.717) is 21.2 Å². The number of hydrogen-bond donors (Lipinski definition) is 0. The van der Waals surface area contributed by atoms with Crippen molar-refractivity contribution in [3.05, 3.63) is 68.7 Å². The Hall–Kier alpha value is -1.82. The molecular formula is C17H13Cl2NO. The first-order chi connectivity index (χ1) is 9.93. The topological polar surface area (TPSA) is 40.9 Å². The molecule has 106 valence electrons. The highest BCUT2D eigenvalue weighted by atomic mass is 35.5. The van der Waals surface area contributed by atoms with Crippen LogP contribution in [0.5, 0.6) is 0 Å². The van der Waals surface area contributed by atoms with E-state index in [1.807, 2.05) is 26.0 Å². The summed E-state index contributed by atoms with van der Waals surface area (Å²) in [5.41, 5.74) is 2.81. The maximum Gasteiger partial charge on any atom is 0.184 e. The van der Waals surface area contributed by atoms with Gasteiger partial charge in [0.15, 0.2) is 5.78 Å². The van der Waals surface area contributed by atoms with E-state index in [9.17, 15) is 10.1 Å². The van der Waals surface area contributed by atoms with Gasteiger partial charge in [-0.2, -0.15) is 5.26 Å². The van der Waals surface area contributed by atoms with E-state index in [1.165, 1.54) is 0 Å². The van der Waals surface area contributed by atoms with Crippen LogP contribution in [0.4, 0.5) is 0 Å². The molecule has 0 spiro atoms. The van der Waals surface area contributed by atoms with Crippen LogP contribution in [-0.2, 0) is 0 Å². The fraction of sp³-hybridized carbons (Fsp3) is 0.176. The van der Waals surface area contributed by atoms with Gasteiger partial charge < -0.3 is 0 Å². The average Bonchev–Trinajstić information content (AvgIpc) is 2.41. The molecule has 0 aliphatic rings. The fourth-order valence-corrected chi connectivity index (χ4v) is 2.94. The minimum absolute atomic E-state index is 0.292. The third kappa shape index (κ3) is 3.26. The molecule has 0 saturated carbocycles. The molecular weight excluding hydrogens is 305 g/mol. The monoisotopic (exact) mass is 317 g/mol. The van der Waals surface area contributed by atoms with Crippen LogP contribution in [-0.4, -0.2) is 5.78 Å². The Morgan fingerprint density at radius 3 is 2.10 bits per heavy atom. The van der Waals surface area contributed by atoms with Crippen molar-refractivity contribution in [2.45, 2.75) is 19.8 Å². The van der Waals surface area contributed by atoms with Gasteiger partial charge in [0.05, 0.1) is 6.07 Å². The molecule has 0 radical (unpaired) electrons. The standard InChI is InChI=1S/C17H13Cl2NO/c1-10-6-11(2)8-12(7-10)17(21)13(9-20)16-14(18)4-3-5-15(16)19/h3-8,13H,1-2H3. The number of carbonyl (C=O) groups is 1. The fourth-order valence-electron chi connectivity index (χ4n) is 2.32. The number of Topliss-reactive ketones (excluding diaryl/α,β-unsaturated/α-hetero) is 1. The highest BCUT2D eigenvalue weighted by Crippen LogP contribution is 2.33. The largest absolute Gasteiger partial charge is 0.292 e. The molecule has 0 aromatic heterocycles. The van der Waals surface area contributed by atoms with E-state index in [2.05, 4.69) is 0 Å². The van der Waals surface area contributed by atoms with E-state index in [4.69, 9.17) is 23.2 Å². The third-order valence-electron chi connectivity index (χ3n) is 3.19. The van der Waals surface area contributed by atoms with Crippen LogP contribution in [0.1, 0.15) is 33.0 Å². The summed E-state index contributed by atoms with van der Waals surface area (Å²) in [5, 5.41) is 10.1. The lowest BCUT2D eigenvalue weighted by Gasteiger charge is -2.13. The van der Waals surface area contributed by atoms with Crippen LogP contribution in [0.15, 0.2) is 36.4 Å². The van der Waals surface area contributed by atoms with Crippen LogP contribution < -0.4 is 0 Å². The van der Waals surface area contributed by atoms with Crippen molar-refractivity contribution in [3.63, 3.8) is 0 Å². The molecule has 4 heteroatoms. The van der Waals surface area contributed by atoms with Gasteiger partial charge in [0.2, 0.25) is 0 Å². The number of hydrogen-bond acceptors (Lipinski definition) is 2. The van der Waals surface area contributed by atoms with Crippen LogP contribution in [0.25, 0.3) is 0 Å². The van der Waals surface area contributed by atoms with Crippen LogP contribution in [0.3, 0.4) is 0 Å². The second-order valence-electron chi connectivity index (χ2n) is 4.94. The summed E-state index contributed by atoms with van der Waals surface area (Å²) < 4.78 is 0. The Bertz CT molecular complexity index is 706. The average molecular weight is 318 g/mol. The Morgan fingerprint density at radius 2 is 1.62 bits per heavy atom. The molecule has 0 N–H and O–H groups in total. The molecule has 2 aromatic carbocycles. The van der Waals surface area contributed by atoms with Crippen molar-refractivity contribution in [2.24, 2.45) is 0 Å². The molecule has 2 nitrogen and oxygen atoms in total. The molecule has 0 aliphatic heterocycles. The number of carbonyl (C=O) groups excluding carboxylic acids is 1. The van der Waals surface area contributed by atoms with Gasteiger partial charge in [-0.1, -0.05) is 46.5 Å². The Balaban J connectivity index is 2.52. The molecule has 0 heterocycles. The van der Waals surface area contributed by atoms with Gasteiger partial charge in [0.1, 0.15) is 5.92 Å². The lowest BCUT2D eigenvalue weighted by atomic mass is 9.90. The summed E-state index contributed by atoms with van der Waals surface area (Å²) in [4.78, 5) is 12.6. The molecule has 1 unspecified atom stereocenters. The minimum Gasteiger partial charge on any atom is -0.292 e. The van der Waals surface area contributed by atoms with E-state index >= 15 is 0 Å². The molecule has 0 amide bonds. The molecule has 0 fully saturated rings. The number of nitriles is 1. The van der Waals surface area contributed by atoms with Crippen LogP contribution >= 0.6 is 23.2 Å². The maximum atomic E-state index is 12.6. The second kappa shape index (κ2) is 6.30. The van der Waals surface area contributed by atoms with Crippen molar-refractivity contribution in [2.75, 3.05) is 0 Å². The predicted molar refractivity (Wildman–Crippen MR) is 85.1 cm³/mol. The predicted octanol–water partition coefficient (Wildman–Crippen LogP) is 5.10. The van der Waals surface area contributed by atoms with E-state index in [1.54, 1.807) is 30.3 Å². The Kier molecular flexibility index (Phi) is 4.67. The SMILES string of the molecule is Cc1cc(C)cc(C(=O)C(C#N)c2c(Cl)cccc2Cl)c1. The number of nitrogens with zero attached hydrogens (tertiary/aromatic N) is 1. The van der Waals surface area contributed by atoms with Gasteiger partial charge in [-0.3, -0.25) is 4.79 Å². The molecule has 0 aliphatic carbocycles. The maximum absolute atomic E-state index is 12.6. The van der Waals surface area contributed by atoms with Crippen molar-refractivity contribution >= 4 is 29.0 Å². The lowest BCUT2D eigenvalue weighted by molar-refractivity contribution is 0.0978. The zero-order valence-corrected chi connectivity index (χ0v) is 13.2. The highest BCUT2D eigenvalue weighted by Gasteiger charge is 2.26. The first-order valence-electron chi connectivity index (χ1n) is 6.40. The number of benzene rings is 2. The molecule has 21 heavy (non-hydrogen) atoms. The van der Waals surface area contributed by atoms with Gasteiger partial charge in [0.25, 0.3) is 0 Å². The first-order valence-corrected chi connectivity index (χ1v) is 7.15. The van der Waals surface area contributed by atoms with E-state index in [-0.39, 0.29) is 5.78 Å². The smallest absolute Gasteiger partial charge is 0.184 e. The summed E-state index contributed by atoms with van der Waals surface area (Å²) >= 11 is 12.2. The van der Waals surface area contributed by atoms with Crippen molar-refractivity contribution in [1.29, 1.82) is 5.26 Å². The summed E-state index contributed by atoms with van der Waals surface area (Å²) in [6, 6.07) is 12.5. The summed E-state index contributed by atoms with van der Waals surface area (Å²) in [7, 11) is 0. The number of aryl methyl sites for hydroxylation is 2. The summed E-state index contributed by atoms with van der Waals surface area (Å²) in [6.45, 7) is 3.82. The van der Waals surface area contributed by atoms with Gasteiger partial charge >= 0.3 is 0 Å². The quantitative estimate of drug-likeness (QED) is 0.739. The minimum atomic E-state index is -1.01.